The molecule has 0 amide bonds. The van der Waals surface area contributed by atoms with E-state index in [2.05, 4.69) is 22.2 Å². The van der Waals surface area contributed by atoms with Crippen molar-refractivity contribution >= 4 is 17.7 Å². The van der Waals surface area contributed by atoms with Gasteiger partial charge in [-0.3, -0.25) is 4.90 Å². The van der Waals surface area contributed by atoms with Crippen molar-refractivity contribution in [1.29, 1.82) is 5.41 Å². The normalized spacial score (nSPS) is 14.2. The Bertz CT molecular complexity index is 1320. The number of pyridine rings is 1. The lowest BCUT2D eigenvalue weighted by Crippen LogP contribution is -2.43. The maximum atomic E-state index is 14.7. The summed E-state index contributed by atoms with van der Waals surface area (Å²) in [4.78, 5) is 5.99. The Morgan fingerprint density at radius 2 is 1.92 bits per heavy atom. The van der Waals surface area contributed by atoms with E-state index in [0.29, 0.717) is 29.8 Å². The molecular weight excluding hydrogens is 500 g/mol. The van der Waals surface area contributed by atoms with Crippen LogP contribution in [0.15, 0.2) is 60.9 Å². The molecule has 200 valence electrons. The van der Waals surface area contributed by atoms with Gasteiger partial charge in [0.15, 0.2) is 11.6 Å². The van der Waals surface area contributed by atoms with E-state index in [-0.39, 0.29) is 41.7 Å². The first-order valence-electron chi connectivity index (χ1n) is 11.9. The molecule has 0 spiro atoms. The maximum Gasteiger partial charge on any atom is 0.416 e. The van der Waals surface area contributed by atoms with Crippen LogP contribution >= 0.6 is 0 Å². The third-order valence-corrected chi connectivity index (χ3v) is 6.11. The van der Waals surface area contributed by atoms with Crippen molar-refractivity contribution in [1.82, 2.24) is 15.2 Å². The lowest BCUT2D eigenvalue weighted by molar-refractivity contribution is -0.138. The first-order valence-corrected chi connectivity index (χ1v) is 11.9. The van der Waals surface area contributed by atoms with Crippen LogP contribution in [0, 0.1) is 11.2 Å². The Morgan fingerprint density at radius 1 is 1.16 bits per heavy atom. The van der Waals surface area contributed by atoms with Crippen LogP contribution < -0.4 is 21.1 Å². The van der Waals surface area contributed by atoms with Gasteiger partial charge in [0.1, 0.15) is 12.4 Å². The van der Waals surface area contributed by atoms with Gasteiger partial charge < -0.3 is 26.5 Å². The molecule has 5 N–H and O–H groups in total. The van der Waals surface area contributed by atoms with E-state index >= 15 is 0 Å². The highest BCUT2D eigenvalue weighted by atomic mass is 19.4. The number of nitrogens with zero attached hydrogens (tertiary/aromatic N) is 2. The van der Waals surface area contributed by atoms with Crippen LogP contribution in [0.25, 0.3) is 11.1 Å². The third kappa shape index (κ3) is 6.67. The van der Waals surface area contributed by atoms with E-state index in [4.69, 9.17) is 15.9 Å². The number of benzene rings is 2. The minimum atomic E-state index is -4.51. The lowest BCUT2D eigenvalue weighted by atomic mass is 10.0. The molecule has 0 aliphatic carbocycles. The number of nitrogens with one attached hydrogen (secondary N) is 3. The summed E-state index contributed by atoms with van der Waals surface area (Å²) in [7, 11) is 0. The van der Waals surface area contributed by atoms with Gasteiger partial charge in [0.2, 0.25) is 0 Å². The highest BCUT2D eigenvalue weighted by molar-refractivity contribution is 5.85. The Labute approximate surface area is 217 Å². The van der Waals surface area contributed by atoms with Crippen molar-refractivity contribution in [2.75, 3.05) is 43.8 Å². The van der Waals surface area contributed by atoms with E-state index in [9.17, 15) is 17.6 Å². The van der Waals surface area contributed by atoms with Crippen LogP contribution in [-0.4, -0.2) is 48.9 Å². The molecule has 1 aliphatic heterocycles. The number of alkyl halides is 3. The van der Waals surface area contributed by atoms with Gasteiger partial charge in [-0.25, -0.2) is 9.37 Å². The van der Waals surface area contributed by atoms with Crippen LogP contribution in [0.2, 0.25) is 0 Å². The summed E-state index contributed by atoms with van der Waals surface area (Å²) in [6.45, 7) is 6.71. The first kappa shape index (κ1) is 27.1. The molecule has 1 fully saturated rings. The van der Waals surface area contributed by atoms with Gasteiger partial charge in [0.25, 0.3) is 0 Å². The zero-order valence-corrected chi connectivity index (χ0v) is 20.5. The molecule has 11 heteroatoms. The van der Waals surface area contributed by atoms with Gasteiger partial charge in [0.05, 0.1) is 5.56 Å². The summed E-state index contributed by atoms with van der Waals surface area (Å²) in [5.74, 6) is -0.485. The molecule has 4 rings (SSSR count). The molecule has 0 saturated carbocycles. The zero-order valence-electron chi connectivity index (χ0n) is 20.5. The molecule has 0 atom stereocenters. The minimum Gasteiger partial charge on any atom is -0.484 e. The van der Waals surface area contributed by atoms with Crippen LogP contribution in [0.5, 0.6) is 5.75 Å². The predicted octanol–water partition coefficient (Wildman–Crippen LogP) is 4.90. The second kappa shape index (κ2) is 11.6. The molecule has 0 radical (unpaired) electrons. The molecule has 1 saturated heterocycles. The van der Waals surface area contributed by atoms with Crippen molar-refractivity contribution in [3.05, 3.63) is 83.4 Å². The van der Waals surface area contributed by atoms with Crippen molar-refractivity contribution in [3.8, 4) is 16.9 Å². The van der Waals surface area contributed by atoms with E-state index < -0.39 is 17.6 Å². The Hall–Kier alpha value is -3.96. The SMILES string of the molecule is C=C(COc1ccc(-c2cnc(N)c(C=N)c2)cc1F)Nc1ccc(CN2CCNCC2)c(C(F)(F)F)c1. The van der Waals surface area contributed by atoms with Crippen molar-refractivity contribution in [2.45, 2.75) is 12.7 Å². The number of aromatic nitrogens is 1. The number of hydrogen-bond donors (Lipinski definition) is 4. The number of nitrogens with two attached hydrogens (primary N) is 1. The highest BCUT2D eigenvalue weighted by Crippen LogP contribution is 2.35. The zero-order chi connectivity index (χ0) is 27.3. The standard InChI is InChI=1S/C27H28F4N6O/c1-17(16-38-25-5-3-18(11-24(25)28)21-10-20(13-32)26(33)35-14-21)36-22-4-2-19(23(12-22)27(29,30)31)15-37-8-6-34-7-9-37/h2-5,10-14,32,34,36H,1,6-9,15-16H2,(H2,33,35). The van der Waals surface area contributed by atoms with Crippen LogP contribution in [-0.2, 0) is 12.7 Å². The Morgan fingerprint density at radius 3 is 2.61 bits per heavy atom. The number of hydrogen-bond acceptors (Lipinski definition) is 7. The van der Waals surface area contributed by atoms with Gasteiger partial charge in [-0.05, 0) is 41.5 Å². The molecule has 0 bridgehead atoms. The van der Waals surface area contributed by atoms with Crippen LogP contribution in [0.3, 0.4) is 0 Å². The minimum absolute atomic E-state index is 0.0465. The third-order valence-electron chi connectivity index (χ3n) is 6.11. The molecule has 0 unspecified atom stereocenters. The molecule has 38 heavy (non-hydrogen) atoms. The molecular formula is C27H28F4N6O. The summed E-state index contributed by atoms with van der Waals surface area (Å²) < 4.78 is 61.5. The van der Waals surface area contributed by atoms with Gasteiger partial charge in [0, 0.05) is 67.6 Å². The Balaban J connectivity index is 1.40. The highest BCUT2D eigenvalue weighted by Gasteiger charge is 2.34. The maximum absolute atomic E-state index is 14.7. The lowest BCUT2D eigenvalue weighted by Gasteiger charge is -2.28. The van der Waals surface area contributed by atoms with Gasteiger partial charge >= 0.3 is 6.18 Å². The number of nitrogen functional groups attached to an aromatic ring is 1. The monoisotopic (exact) mass is 528 g/mol. The van der Waals surface area contributed by atoms with Crippen molar-refractivity contribution in [3.63, 3.8) is 0 Å². The van der Waals surface area contributed by atoms with Gasteiger partial charge in [-0.1, -0.05) is 18.7 Å². The fourth-order valence-electron chi connectivity index (χ4n) is 4.13. The number of anilines is 2. The number of ether oxygens (including phenoxy) is 1. The summed E-state index contributed by atoms with van der Waals surface area (Å²) in [6, 6.07) is 10.0. The number of rotatable bonds is 9. The molecule has 1 aromatic heterocycles. The average molecular weight is 529 g/mol. The topological polar surface area (TPSA) is 99.3 Å². The largest absolute Gasteiger partial charge is 0.484 e. The molecule has 2 aromatic carbocycles. The Kier molecular flexibility index (Phi) is 8.28. The molecule has 7 nitrogen and oxygen atoms in total. The number of halogens is 4. The number of piperazine rings is 1. The fourth-order valence-corrected chi connectivity index (χ4v) is 4.13. The summed E-state index contributed by atoms with van der Waals surface area (Å²) in [5, 5.41) is 13.4. The quantitative estimate of drug-likeness (QED) is 0.233. The molecule has 3 aromatic rings. The fraction of sp³-hybridized carbons (Fsp3) is 0.259. The predicted molar refractivity (Wildman–Crippen MR) is 140 cm³/mol. The first-order chi connectivity index (χ1) is 18.1. The van der Waals surface area contributed by atoms with E-state index in [1.807, 2.05) is 4.90 Å². The van der Waals surface area contributed by atoms with Crippen molar-refractivity contribution < 1.29 is 22.3 Å². The molecule has 2 heterocycles. The van der Waals surface area contributed by atoms with E-state index in [1.54, 1.807) is 18.2 Å². The van der Waals surface area contributed by atoms with E-state index in [0.717, 1.165) is 25.4 Å². The second-order valence-corrected chi connectivity index (χ2v) is 8.90. The van der Waals surface area contributed by atoms with Gasteiger partial charge in [-0.2, -0.15) is 13.2 Å². The van der Waals surface area contributed by atoms with Gasteiger partial charge in [-0.15, -0.1) is 0 Å². The average Bonchev–Trinajstić information content (AvgIpc) is 2.89. The summed E-state index contributed by atoms with van der Waals surface area (Å²) in [5.41, 5.74) is 7.18. The summed E-state index contributed by atoms with van der Waals surface area (Å²) >= 11 is 0. The summed E-state index contributed by atoms with van der Waals surface area (Å²) in [6.07, 6.45) is -1.97. The second-order valence-electron chi connectivity index (χ2n) is 8.90. The smallest absolute Gasteiger partial charge is 0.416 e. The van der Waals surface area contributed by atoms with Crippen LogP contribution in [0.4, 0.5) is 29.1 Å². The van der Waals surface area contributed by atoms with Crippen LogP contribution in [0.1, 0.15) is 16.7 Å². The van der Waals surface area contributed by atoms with Crippen molar-refractivity contribution in [2.24, 2.45) is 0 Å². The molecule has 1 aliphatic rings. The van der Waals surface area contributed by atoms with E-state index in [1.165, 1.54) is 24.4 Å².